The van der Waals surface area contributed by atoms with Crippen molar-refractivity contribution in [3.05, 3.63) is 77.4 Å². The van der Waals surface area contributed by atoms with E-state index in [0.29, 0.717) is 0 Å². The van der Waals surface area contributed by atoms with Crippen LogP contribution in [0.4, 0.5) is 11.4 Å². The second-order valence-electron chi connectivity index (χ2n) is 7.98. The first kappa shape index (κ1) is 16.4. The van der Waals surface area contributed by atoms with Gasteiger partial charge in [0.15, 0.2) is 0 Å². The molecule has 0 saturated carbocycles. The number of aromatic nitrogens is 2. The first-order valence-corrected chi connectivity index (χ1v) is 9.78. The van der Waals surface area contributed by atoms with Crippen molar-refractivity contribution in [2.24, 2.45) is 0 Å². The second-order valence-corrected chi connectivity index (χ2v) is 7.98. The number of likely N-dealkylation sites (N-methyl/N-ethyl adjacent to an activating group) is 1. The average molecular weight is 380 g/mol. The summed E-state index contributed by atoms with van der Waals surface area (Å²) < 4.78 is 2.09. The van der Waals surface area contributed by atoms with Crippen LogP contribution in [-0.2, 0) is 10.5 Å². The SMILES string of the molecule is Cc1cc(C)c2c(c1)C1(Nc3ccccc3-c3nc4ccccc4n31)C(=O)N2C. The van der Waals surface area contributed by atoms with Crippen LogP contribution in [-0.4, -0.2) is 22.5 Å². The Kier molecular flexibility index (Phi) is 2.97. The number of hydrogen-bond acceptors (Lipinski definition) is 3. The lowest BCUT2D eigenvalue weighted by Crippen LogP contribution is -2.52. The Morgan fingerprint density at radius 3 is 2.62 bits per heavy atom. The number of carbonyl (C=O) groups excluding carboxylic acids is 1. The number of rotatable bonds is 0. The number of anilines is 2. The van der Waals surface area contributed by atoms with E-state index in [2.05, 4.69) is 41.9 Å². The van der Waals surface area contributed by atoms with Crippen LogP contribution in [0, 0.1) is 13.8 Å². The molecule has 0 saturated heterocycles. The molecular formula is C24H20N4O. The third-order valence-electron chi connectivity index (χ3n) is 6.16. The lowest BCUT2D eigenvalue weighted by atomic mass is 9.92. The molecule has 5 heteroatoms. The van der Waals surface area contributed by atoms with Crippen molar-refractivity contribution < 1.29 is 4.79 Å². The van der Waals surface area contributed by atoms with Crippen molar-refractivity contribution in [2.75, 3.05) is 17.3 Å². The lowest BCUT2D eigenvalue weighted by molar-refractivity contribution is -0.122. The molecule has 1 aromatic heterocycles. The van der Waals surface area contributed by atoms with E-state index >= 15 is 0 Å². The molecule has 1 unspecified atom stereocenters. The molecule has 2 aliphatic heterocycles. The summed E-state index contributed by atoms with van der Waals surface area (Å²) in [5, 5.41) is 3.63. The number of aryl methyl sites for hydroxylation is 2. The fourth-order valence-electron chi connectivity index (χ4n) is 5.06. The van der Waals surface area contributed by atoms with Crippen molar-refractivity contribution in [1.82, 2.24) is 9.55 Å². The predicted molar refractivity (Wildman–Crippen MR) is 115 cm³/mol. The van der Waals surface area contributed by atoms with Gasteiger partial charge in [0.2, 0.25) is 5.66 Å². The summed E-state index contributed by atoms with van der Waals surface area (Å²) in [4.78, 5) is 20.7. The molecule has 6 rings (SSSR count). The summed E-state index contributed by atoms with van der Waals surface area (Å²) in [5.74, 6) is 0.814. The number of nitrogens with one attached hydrogen (secondary N) is 1. The van der Waals surface area contributed by atoms with Crippen LogP contribution in [0.5, 0.6) is 0 Å². The molecule has 1 amide bonds. The highest BCUT2D eigenvalue weighted by Crippen LogP contribution is 2.51. The summed E-state index contributed by atoms with van der Waals surface area (Å²) in [7, 11) is 1.86. The number of fused-ring (bicyclic) bond motifs is 8. The Hall–Kier alpha value is -3.60. The van der Waals surface area contributed by atoms with Crippen molar-refractivity contribution in [2.45, 2.75) is 19.5 Å². The molecular weight excluding hydrogens is 360 g/mol. The van der Waals surface area contributed by atoms with Gasteiger partial charge in [0, 0.05) is 23.9 Å². The van der Waals surface area contributed by atoms with Crippen molar-refractivity contribution in [3.8, 4) is 11.4 Å². The van der Waals surface area contributed by atoms with Crippen LogP contribution in [0.25, 0.3) is 22.4 Å². The molecule has 5 nitrogen and oxygen atoms in total. The fraction of sp³-hybridized carbons (Fsp3) is 0.167. The molecule has 1 N–H and O–H groups in total. The Morgan fingerprint density at radius 2 is 1.76 bits per heavy atom. The summed E-state index contributed by atoms with van der Waals surface area (Å²) in [5.41, 5.74) is 6.87. The summed E-state index contributed by atoms with van der Waals surface area (Å²) in [6.45, 7) is 4.14. The minimum atomic E-state index is -1.05. The maximum absolute atomic E-state index is 13.9. The molecule has 0 bridgehead atoms. The Bertz CT molecular complexity index is 1350. The molecule has 3 heterocycles. The monoisotopic (exact) mass is 380 g/mol. The molecule has 29 heavy (non-hydrogen) atoms. The van der Waals surface area contributed by atoms with E-state index in [1.165, 1.54) is 0 Å². The van der Waals surface area contributed by atoms with Gasteiger partial charge in [-0.15, -0.1) is 0 Å². The third kappa shape index (κ3) is 1.85. The topological polar surface area (TPSA) is 50.2 Å². The molecule has 1 spiro atoms. The maximum Gasteiger partial charge on any atom is 0.278 e. The fourth-order valence-corrected chi connectivity index (χ4v) is 5.06. The van der Waals surface area contributed by atoms with Crippen molar-refractivity contribution in [1.29, 1.82) is 0 Å². The van der Waals surface area contributed by atoms with E-state index in [9.17, 15) is 4.79 Å². The molecule has 142 valence electrons. The van der Waals surface area contributed by atoms with E-state index in [1.54, 1.807) is 4.90 Å². The van der Waals surface area contributed by atoms with Crippen molar-refractivity contribution in [3.63, 3.8) is 0 Å². The average Bonchev–Trinajstić information content (AvgIpc) is 3.20. The third-order valence-corrected chi connectivity index (χ3v) is 6.16. The van der Waals surface area contributed by atoms with E-state index in [4.69, 9.17) is 4.98 Å². The van der Waals surface area contributed by atoms with Gasteiger partial charge in [0.25, 0.3) is 5.91 Å². The van der Waals surface area contributed by atoms with E-state index in [0.717, 1.165) is 50.5 Å². The van der Waals surface area contributed by atoms with E-state index < -0.39 is 5.66 Å². The van der Waals surface area contributed by atoms with Crippen LogP contribution in [0.1, 0.15) is 16.7 Å². The molecule has 0 aliphatic carbocycles. The Balaban J connectivity index is 1.82. The number of amides is 1. The highest BCUT2D eigenvalue weighted by Gasteiger charge is 2.55. The Morgan fingerprint density at radius 1 is 1.00 bits per heavy atom. The van der Waals surface area contributed by atoms with Gasteiger partial charge < -0.3 is 10.2 Å². The zero-order valence-electron chi connectivity index (χ0n) is 16.5. The summed E-state index contributed by atoms with van der Waals surface area (Å²) >= 11 is 0. The van der Waals surface area contributed by atoms with Crippen LogP contribution >= 0.6 is 0 Å². The minimum Gasteiger partial charge on any atom is -0.350 e. The van der Waals surface area contributed by atoms with Crippen LogP contribution in [0.3, 0.4) is 0 Å². The number of carbonyl (C=O) groups is 1. The van der Waals surface area contributed by atoms with Crippen LogP contribution in [0.2, 0.25) is 0 Å². The number of imidazole rings is 1. The first-order valence-electron chi connectivity index (χ1n) is 9.78. The lowest BCUT2D eigenvalue weighted by Gasteiger charge is -2.38. The van der Waals surface area contributed by atoms with Gasteiger partial charge in [-0.2, -0.15) is 0 Å². The highest BCUT2D eigenvalue weighted by molar-refractivity contribution is 6.12. The molecule has 2 aliphatic rings. The van der Waals surface area contributed by atoms with Gasteiger partial charge in [0.1, 0.15) is 5.82 Å². The highest BCUT2D eigenvalue weighted by atomic mass is 16.2. The number of benzene rings is 3. The largest absolute Gasteiger partial charge is 0.350 e. The van der Waals surface area contributed by atoms with Gasteiger partial charge in [-0.3, -0.25) is 9.36 Å². The summed E-state index contributed by atoms with van der Waals surface area (Å²) in [6.07, 6.45) is 0. The number of hydrogen-bond donors (Lipinski definition) is 1. The van der Waals surface area contributed by atoms with Gasteiger partial charge in [-0.05, 0) is 49.7 Å². The molecule has 1 atom stereocenters. The number of nitrogens with zero attached hydrogens (tertiary/aromatic N) is 3. The van der Waals surface area contributed by atoms with Crippen LogP contribution in [0.15, 0.2) is 60.7 Å². The summed E-state index contributed by atoms with van der Waals surface area (Å²) in [6, 6.07) is 20.4. The molecule has 0 fully saturated rings. The first-order chi connectivity index (χ1) is 14.0. The number of para-hydroxylation sites is 3. The van der Waals surface area contributed by atoms with Crippen LogP contribution < -0.4 is 10.2 Å². The Labute approximate surface area is 168 Å². The predicted octanol–water partition coefficient (Wildman–Crippen LogP) is 4.42. The molecule has 3 aromatic carbocycles. The standard InChI is InChI=1S/C24H20N4O/c1-14-12-15(2)21-17(13-14)24(23(29)27(21)3)26-18-9-5-4-8-16(18)22-25-19-10-6-7-11-20(19)28(22)24/h4-13,26H,1-3H3. The van der Waals surface area contributed by atoms with Gasteiger partial charge >= 0.3 is 0 Å². The smallest absolute Gasteiger partial charge is 0.278 e. The maximum atomic E-state index is 13.9. The molecule has 4 aromatic rings. The van der Waals surface area contributed by atoms with Gasteiger partial charge in [-0.1, -0.05) is 35.9 Å². The quantitative estimate of drug-likeness (QED) is 0.491. The van der Waals surface area contributed by atoms with Gasteiger partial charge in [0.05, 0.1) is 16.7 Å². The zero-order chi connectivity index (χ0) is 19.9. The van der Waals surface area contributed by atoms with E-state index in [-0.39, 0.29) is 5.91 Å². The second kappa shape index (κ2) is 5.26. The molecule has 0 radical (unpaired) electrons. The normalized spacial score (nSPS) is 19.3. The van der Waals surface area contributed by atoms with Gasteiger partial charge in [-0.25, -0.2) is 4.98 Å². The zero-order valence-corrected chi connectivity index (χ0v) is 16.5. The van der Waals surface area contributed by atoms with E-state index in [1.807, 2.05) is 49.5 Å². The van der Waals surface area contributed by atoms with Crippen molar-refractivity contribution >= 4 is 28.3 Å². The minimum absolute atomic E-state index is 0.0000983.